The lowest BCUT2D eigenvalue weighted by Gasteiger charge is -2.22. The summed E-state index contributed by atoms with van der Waals surface area (Å²) in [4.78, 5) is 52.5. The predicted molar refractivity (Wildman–Crippen MR) is 130 cm³/mol. The maximum atomic E-state index is 13.3. The van der Waals surface area contributed by atoms with E-state index in [0.29, 0.717) is 22.0 Å². The molecule has 2 aromatic carbocycles. The molecule has 9 nitrogen and oxygen atoms in total. The number of esters is 2. The monoisotopic (exact) mass is 503 g/mol. The summed E-state index contributed by atoms with van der Waals surface area (Å²) >= 11 is 11.3. The standard InChI is InChI=1S/C23H22ClN3O6S/c1-3-33-22(31)14-4-10-17(11-5-14)27-21(30)18(26(23(27)34)13-20(29)32-2)12-19(28)25-16-8-6-15(24)7-9-16/h4-11,18H,3,12-13H2,1-2H3,(H,25,28). The zero-order valence-electron chi connectivity index (χ0n) is 18.4. The van der Waals surface area contributed by atoms with Crippen molar-refractivity contribution in [1.29, 1.82) is 0 Å². The highest BCUT2D eigenvalue weighted by molar-refractivity contribution is 7.80. The first-order chi connectivity index (χ1) is 16.2. The highest BCUT2D eigenvalue weighted by atomic mass is 35.5. The molecule has 11 heteroatoms. The minimum Gasteiger partial charge on any atom is -0.468 e. The third-order valence-electron chi connectivity index (χ3n) is 4.99. The zero-order valence-corrected chi connectivity index (χ0v) is 20.0. The van der Waals surface area contributed by atoms with Gasteiger partial charge < -0.3 is 19.7 Å². The summed E-state index contributed by atoms with van der Waals surface area (Å²) in [6, 6.07) is 11.6. The molecule has 1 fully saturated rings. The normalized spacial score (nSPS) is 15.3. The summed E-state index contributed by atoms with van der Waals surface area (Å²) in [5.74, 6) is -2.03. The molecule has 0 spiro atoms. The van der Waals surface area contributed by atoms with Crippen LogP contribution in [0.2, 0.25) is 5.02 Å². The summed E-state index contributed by atoms with van der Waals surface area (Å²) in [5, 5.41) is 3.26. The van der Waals surface area contributed by atoms with Crippen molar-refractivity contribution in [2.75, 3.05) is 30.5 Å². The summed E-state index contributed by atoms with van der Waals surface area (Å²) in [6.45, 7) is 1.63. The number of nitrogens with one attached hydrogen (secondary N) is 1. The maximum Gasteiger partial charge on any atom is 0.338 e. The molecule has 1 N–H and O–H groups in total. The highest BCUT2D eigenvalue weighted by Gasteiger charge is 2.45. The van der Waals surface area contributed by atoms with Gasteiger partial charge in [0, 0.05) is 10.7 Å². The summed E-state index contributed by atoms with van der Waals surface area (Å²) < 4.78 is 9.70. The number of ether oxygens (including phenoxy) is 2. The molecule has 0 radical (unpaired) electrons. The van der Waals surface area contributed by atoms with Gasteiger partial charge in [0.05, 0.1) is 31.4 Å². The van der Waals surface area contributed by atoms with Crippen LogP contribution in [0.4, 0.5) is 11.4 Å². The summed E-state index contributed by atoms with van der Waals surface area (Å²) in [5.41, 5.74) is 1.21. The minimum atomic E-state index is -1.02. The molecule has 0 saturated carbocycles. The Kier molecular flexibility index (Phi) is 8.19. The van der Waals surface area contributed by atoms with Gasteiger partial charge in [-0.15, -0.1) is 0 Å². The van der Waals surface area contributed by atoms with Crippen LogP contribution in [0.15, 0.2) is 48.5 Å². The molecule has 0 aromatic heterocycles. The van der Waals surface area contributed by atoms with Crippen LogP contribution >= 0.6 is 23.8 Å². The SMILES string of the molecule is CCOC(=O)c1ccc(N2C(=O)C(CC(=O)Nc3ccc(Cl)cc3)N(CC(=O)OC)C2=S)cc1. The highest BCUT2D eigenvalue weighted by Crippen LogP contribution is 2.28. The summed E-state index contributed by atoms with van der Waals surface area (Å²) in [7, 11) is 1.22. The Balaban J connectivity index is 1.82. The number of carbonyl (C=O) groups is 4. The molecule has 1 saturated heterocycles. The lowest BCUT2D eigenvalue weighted by atomic mass is 10.1. The van der Waals surface area contributed by atoms with Gasteiger partial charge in [0.15, 0.2) is 5.11 Å². The molecule has 1 aliphatic rings. The Labute approximate surface area is 206 Å². The molecule has 34 heavy (non-hydrogen) atoms. The number of benzene rings is 2. The van der Waals surface area contributed by atoms with Crippen molar-refractivity contribution in [2.45, 2.75) is 19.4 Å². The van der Waals surface area contributed by atoms with E-state index in [4.69, 9.17) is 33.3 Å². The van der Waals surface area contributed by atoms with Gasteiger partial charge in [-0.1, -0.05) is 11.6 Å². The number of rotatable bonds is 8. The van der Waals surface area contributed by atoms with E-state index in [1.54, 1.807) is 43.3 Å². The van der Waals surface area contributed by atoms with Crippen LogP contribution < -0.4 is 10.2 Å². The first-order valence-electron chi connectivity index (χ1n) is 10.3. The first-order valence-corrected chi connectivity index (χ1v) is 11.1. The topological polar surface area (TPSA) is 105 Å². The van der Waals surface area contributed by atoms with Crippen molar-refractivity contribution in [3.63, 3.8) is 0 Å². The van der Waals surface area contributed by atoms with E-state index in [0.717, 1.165) is 0 Å². The number of methoxy groups -OCH3 is 1. The largest absolute Gasteiger partial charge is 0.468 e. The second kappa shape index (κ2) is 11.1. The number of hydrogen-bond donors (Lipinski definition) is 1. The van der Waals surface area contributed by atoms with E-state index in [-0.39, 0.29) is 24.7 Å². The Hall–Kier alpha value is -3.50. The molecule has 1 aliphatic heterocycles. The Morgan fingerprint density at radius 3 is 2.32 bits per heavy atom. The van der Waals surface area contributed by atoms with Gasteiger partial charge in [0.25, 0.3) is 5.91 Å². The third kappa shape index (κ3) is 5.70. The average molecular weight is 504 g/mol. The molecule has 2 aromatic rings. The van der Waals surface area contributed by atoms with E-state index in [9.17, 15) is 19.2 Å². The van der Waals surface area contributed by atoms with Gasteiger partial charge in [-0.05, 0) is 67.7 Å². The predicted octanol–water partition coefficient (Wildman–Crippen LogP) is 3.02. The molecule has 2 amide bonds. The van der Waals surface area contributed by atoms with Gasteiger partial charge >= 0.3 is 11.9 Å². The molecule has 1 unspecified atom stereocenters. The molecule has 1 atom stereocenters. The lowest BCUT2D eigenvalue weighted by Crippen LogP contribution is -2.41. The van der Waals surface area contributed by atoms with Crippen molar-refractivity contribution in [1.82, 2.24) is 4.90 Å². The van der Waals surface area contributed by atoms with Crippen LogP contribution in [0.3, 0.4) is 0 Å². The average Bonchev–Trinajstić information content (AvgIpc) is 3.04. The van der Waals surface area contributed by atoms with Crippen LogP contribution in [0.5, 0.6) is 0 Å². The third-order valence-corrected chi connectivity index (χ3v) is 5.66. The van der Waals surface area contributed by atoms with Gasteiger partial charge in [0.2, 0.25) is 5.91 Å². The van der Waals surface area contributed by atoms with Crippen LogP contribution in [0, 0.1) is 0 Å². The Morgan fingerprint density at radius 1 is 1.09 bits per heavy atom. The van der Waals surface area contributed by atoms with Crippen molar-refractivity contribution >= 4 is 64.1 Å². The molecule has 0 aliphatic carbocycles. The lowest BCUT2D eigenvalue weighted by molar-refractivity contribution is -0.141. The number of amides is 2. The Morgan fingerprint density at radius 2 is 1.74 bits per heavy atom. The van der Waals surface area contributed by atoms with Crippen LogP contribution in [-0.4, -0.2) is 60.1 Å². The quantitative estimate of drug-likeness (QED) is 0.433. The smallest absolute Gasteiger partial charge is 0.338 e. The van der Waals surface area contributed by atoms with Crippen LogP contribution in [0.25, 0.3) is 0 Å². The summed E-state index contributed by atoms with van der Waals surface area (Å²) in [6.07, 6.45) is -0.254. The molecule has 1 heterocycles. The van der Waals surface area contributed by atoms with E-state index in [1.165, 1.54) is 29.0 Å². The first kappa shape index (κ1) is 25.1. The van der Waals surface area contributed by atoms with Gasteiger partial charge in [-0.25, -0.2) is 4.79 Å². The second-order valence-electron chi connectivity index (χ2n) is 7.20. The Bertz CT molecular complexity index is 1110. The van der Waals surface area contributed by atoms with Crippen molar-refractivity contribution in [2.24, 2.45) is 0 Å². The van der Waals surface area contributed by atoms with Gasteiger partial charge in [-0.3, -0.25) is 19.3 Å². The van der Waals surface area contributed by atoms with Crippen molar-refractivity contribution < 1.29 is 28.7 Å². The van der Waals surface area contributed by atoms with E-state index in [1.807, 2.05) is 0 Å². The minimum absolute atomic E-state index is 0.0450. The fraction of sp³-hybridized carbons (Fsp3) is 0.261. The molecule has 178 valence electrons. The number of anilines is 2. The van der Waals surface area contributed by atoms with E-state index < -0.39 is 29.8 Å². The number of hydrogen-bond acceptors (Lipinski definition) is 7. The number of carbonyl (C=O) groups excluding carboxylic acids is 4. The van der Waals surface area contributed by atoms with Crippen molar-refractivity contribution in [3.8, 4) is 0 Å². The maximum absolute atomic E-state index is 13.3. The zero-order chi connectivity index (χ0) is 24.8. The fourth-order valence-corrected chi connectivity index (χ4v) is 3.85. The van der Waals surface area contributed by atoms with Gasteiger partial charge in [-0.2, -0.15) is 0 Å². The molecule has 0 bridgehead atoms. The van der Waals surface area contributed by atoms with Gasteiger partial charge in [0.1, 0.15) is 12.6 Å². The number of thiocarbonyl (C=S) groups is 1. The van der Waals surface area contributed by atoms with Crippen LogP contribution in [-0.2, 0) is 23.9 Å². The molecular formula is C23H22ClN3O6S. The van der Waals surface area contributed by atoms with E-state index >= 15 is 0 Å². The number of halogens is 1. The van der Waals surface area contributed by atoms with E-state index in [2.05, 4.69) is 5.32 Å². The van der Waals surface area contributed by atoms with Crippen LogP contribution in [0.1, 0.15) is 23.7 Å². The molecular weight excluding hydrogens is 482 g/mol. The van der Waals surface area contributed by atoms with Crippen molar-refractivity contribution in [3.05, 3.63) is 59.1 Å². The number of nitrogens with zero attached hydrogens (tertiary/aromatic N) is 2. The molecule has 3 rings (SSSR count). The fourth-order valence-electron chi connectivity index (χ4n) is 3.34. The second-order valence-corrected chi connectivity index (χ2v) is 8.00.